The molecule has 0 aromatic heterocycles. The van der Waals surface area contributed by atoms with Crippen molar-refractivity contribution in [2.24, 2.45) is 0 Å². The minimum absolute atomic E-state index is 0.0263. The second kappa shape index (κ2) is 7.07. The molecular weight excluding hydrogens is 346 g/mol. The molecule has 0 bridgehead atoms. The van der Waals surface area contributed by atoms with Gasteiger partial charge in [0.25, 0.3) is 5.69 Å². The molecule has 0 aliphatic carbocycles. The summed E-state index contributed by atoms with van der Waals surface area (Å²) in [5.41, 5.74) is 1.12. The van der Waals surface area contributed by atoms with Gasteiger partial charge in [0, 0.05) is 12.1 Å². The van der Waals surface area contributed by atoms with Crippen molar-refractivity contribution in [2.75, 3.05) is 7.11 Å². The van der Waals surface area contributed by atoms with Crippen molar-refractivity contribution in [1.29, 1.82) is 0 Å². The van der Waals surface area contributed by atoms with Gasteiger partial charge in [-0.1, -0.05) is 18.2 Å². The van der Waals surface area contributed by atoms with Crippen LogP contribution in [-0.4, -0.2) is 23.4 Å². The third kappa shape index (κ3) is 3.89. The fraction of sp³-hybridized carbons (Fsp3) is 0.190. The van der Waals surface area contributed by atoms with Gasteiger partial charge in [0.15, 0.2) is 5.78 Å². The highest BCUT2D eigenvalue weighted by molar-refractivity contribution is 6.09. The number of methoxy groups -OCH3 is 1. The number of allylic oxidation sites excluding steroid dienone is 1. The Hall–Kier alpha value is -3.41. The molecule has 3 rings (SSSR count). The lowest BCUT2D eigenvalue weighted by atomic mass is 9.97. The van der Waals surface area contributed by atoms with Gasteiger partial charge < -0.3 is 9.47 Å². The van der Waals surface area contributed by atoms with Crippen molar-refractivity contribution >= 4 is 23.6 Å². The molecule has 6 heteroatoms. The fourth-order valence-corrected chi connectivity index (χ4v) is 2.81. The monoisotopic (exact) mass is 365 g/mol. The number of nitro groups is 1. The van der Waals surface area contributed by atoms with Gasteiger partial charge in [0.1, 0.15) is 17.1 Å². The Morgan fingerprint density at radius 1 is 1.26 bits per heavy atom. The van der Waals surface area contributed by atoms with E-state index in [1.165, 1.54) is 18.2 Å². The number of fused-ring (bicyclic) bond motifs is 1. The number of benzene rings is 2. The smallest absolute Gasteiger partial charge is 0.270 e. The molecule has 0 amide bonds. The number of hydrogen-bond donors (Lipinski definition) is 0. The molecule has 0 unspecified atom stereocenters. The number of carbonyl (C=O) groups is 1. The number of nitrogens with zero attached hydrogens (tertiary/aromatic N) is 1. The molecule has 138 valence electrons. The van der Waals surface area contributed by atoms with Crippen LogP contribution in [0.4, 0.5) is 5.69 Å². The first-order chi connectivity index (χ1) is 12.8. The average Bonchev–Trinajstić information content (AvgIpc) is 2.64. The van der Waals surface area contributed by atoms with E-state index in [1.54, 1.807) is 37.5 Å². The number of hydrogen-bond acceptors (Lipinski definition) is 5. The van der Waals surface area contributed by atoms with Crippen LogP contribution in [0.25, 0.3) is 12.2 Å². The minimum Gasteiger partial charge on any atom is -0.496 e. The van der Waals surface area contributed by atoms with Crippen molar-refractivity contribution in [3.63, 3.8) is 0 Å². The maximum Gasteiger partial charge on any atom is 0.270 e. The SMILES string of the molecule is COc1ccc(C(=O)/C=C/c2cccc([N+](=O)[O-])c2)c2c1C=CC(C)(C)O2. The van der Waals surface area contributed by atoms with Gasteiger partial charge in [-0.3, -0.25) is 14.9 Å². The molecule has 0 atom stereocenters. The van der Waals surface area contributed by atoms with Crippen LogP contribution >= 0.6 is 0 Å². The quantitative estimate of drug-likeness (QED) is 0.333. The summed E-state index contributed by atoms with van der Waals surface area (Å²) < 4.78 is 11.4. The molecule has 6 nitrogen and oxygen atoms in total. The standard InChI is InChI=1S/C21H19NO5/c1-21(2)12-11-17-19(26-3)10-8-16(20(17)27-21)18(23)9-7-14-5-4-6-15(13-14)22(24)25/h4-13H,1-3H3/b9-7+. The summed E-state index contributed by atoms with van der Waals surface area (Å²) in [6.07, 6.45) is 6.73. The van der Waals surface area contributed by atoms with Crippen LogP contribution in [0.15, 0.2) is 48.6 Å². The Morgan fingerprint density at radius 3 is 2.74 bits per heavy atom. The lowest BCUT2D eigenvalue weighted by Crippen LogP contribution is -2.28. The Morgan fingerprint density at radius 2 is 2.04 bits per heavy atom. The van der Waals surface area contributed by atoms with Crippen LogP contribution in [-0.2, 0) is 0 Å². The Labute approximate surface area is 156 Å². The summed E-state index contributed by atoms with van der Waals surface area (Å²) in [7, 11) is 1.56. The van der Waals surface area contributed by atoms with E-state index in [1.807, 2.05) is 26.0 Å². The first kappa shape index (κ1) is 18.4. The van der Waals surface area contributed by atoms with E-state index in [0.717, 1.165) is 0 Å². The molecule has 0 radical (unpaired) electrons. The van der Waals surface area contributed by atoms with Crippen LogP contribution in [0.1, 0.15) is 35.3 Å². The molecular formula is C21H19NO5. The normalized spacial score (nSPS) is 14.5. The summed E-state index contributed by atoms with van der Waals surface area (Å²) in [5.74, 6) is 0.831. The summed E-state index contributed by atoms with van der Waals surface area (Å²) in [6.45, 7) is 3.80. The summed E-state index contributed by atoms with van der Waals surface area (Å²) in [6, 6.07) is 9.47. The van der Waals surface area contributed by atoms with Gasteiger partial charge in [0.05, 0.1) is 23.2 Å². The molecule has 0 fully saturated rings. The third-order valence-corrected chi connectivity index (χ3v) is 4.17. The second-order valence-electron chi connectivity index (χ2n) is 6.65. The zero-order chi connectivity index (χ0) is 19.6. The number of nitro benzene ring substituents is 1. The van der Waals surface area contributed by atoms with Gasteiger partial charge in [-0.25, -0.2) is 0 Å². The van der Waals surface area contributed by atoms with Gasteiger partial charge in [-0.15, -0.1) is 0 Å². The van der Waals surface area contributed by atoms with Crippen molar-refractivity contribution in [3.8, 4) is 11.5 Å². The van der Waals surface area contributed by atoms with Gasteiger partial charge in [0.2, 0.25) is 0 Å². The van der Waals surface area contributed by atoms with Crippen LogP contribution in [0.5, 0.6) is 11.5 Å². The van der Waals surface area contributed by atoms with Crippen LogP contribution < -0.4 is 9.47 Å². The van der Waals surface area contributed by atoms with Gasteiger partial charge >= 0.3 is 0 Å². The maximum atomic E-state index is 12.8. The number of non-ortho nitro benzene ring substituents is 1. The molecule has 2 aromatic carbocycles. The molecule has 1 aliphatic heterocycles. The second-order valence-corrected chi connectivity index (χ2v) is 6.65. The molecule has 27 heavy (non-hydrogen) atoms. The summed E-state index contributed by atoms with van der Waals surface area (Å²) in [4.78, 5) is 23.2. The van der Waals surface area contributed by atoms with Crippen molar-refractivity contribution in [1.82, 2.24) is 0 Å². The van der Waals surface area contributed by atoms with E-state index in [0.29, 0.717) is 28.2 Å². The van der Waals surface area contributed by atoms with Crippen LogP contribution in [0.2, 0.25) is 0 Å². The number of ketones is 1. The van der Waals surface area contributed by atoms with E-state index in [2.05, 4.69) is 0 Å². The zero-order valence-electron chi connectivity index (χ0n) is 15.3. The lowest BCUT2D eigenvalue weighted by Gasteiger charge is -2.29. The van der Waals surface area contributed by atoms with E-state index in [4.69, 9.17) is 9.47 Å². The third-order valence-electron chi connectivity index (χ3n) is 4.17. The van der Waals surface area contributed by atoms with Crippen LogP contribution in [0, 0.1) is 10.1 Å². The van der Waals surface area contributed by atoms with E-state index in [9.17, 15) is 14.9 Å². The highest BCUT2D eigenvalue weighted by Crippen LogP contribution is 2.39. The summed E-state index contributed by atoms with van der Waals surface area (Å²) in [5, 5.41) is 10.9. The first-order valence-corrected chi connectivity index (χ1v) is 8.37. The zero-order valence-corrected chi connectivity index (χ0v) is 15.3. The van der Waals surface area contributed by atoms with Crippen molar-refractivity contribution < 1.29 is 19.2 Å². The van der Waals surface area contributed by atoms with Crippen molar-refractivity contribution in [2.45, 2.75) is 19.4 Å². The fourth-order valence-electron chi connectivity index (χ4n) is 2.81. The van der Waals surface area contributed by atoms with E-state index >= 15 is 0 Å². The molecule has 1 aliphatic rings. The number of rotatable bonds is 5. The Balaban J connectivity index is 1.95. The molecule has 0 saturated heterocycles. The molecule has 2 aromatic rings. The minimum atomic E-state index is -0.544. The number of ether oxygens (including phenoxy) is 2. The summed E-state index contributed by atoms with van der Waals surface area (Å²) >= 11 is 0. The number of carbonyl (C=O) groups excluding carboxylic acids is 1. The topological polar surface area (TPSA) is 78.7 Å². The highest BCUT2D eigenvalue weighted by atomic mass is 16.6. The van der Waals surface area contributed by atoms with Crippen LogP contribution in [0.3, 0.4) is 0 Å². The largest absolute Gasteiger partial charge is 0.496 e. The Bertz CT molecular complexity index is 973. The highest BCUT2D eigenvalue weighted by Gasteiger charge is 2.27. The molecule has 0 saturated carbocycles. The molecule has 1 heterocycles. The van der Waals surface area contributed by atoms with Gasteiger partial charge in [-0.05, 0) is 49.8 Å². The molecule has 0 N–H and O–H groups in total. The maximum absolute atomic E-state index is 12.8. The van der Waals surface area contributed by atoms with E-state index in [-0.39, 0.29) is 11.5 Å². The van der Waals surface area contributed by atoms with Crippen molar-refractivity contribution in [3.05, 3.63) is 75.4 Å². The predicted molar refractivity (Wildman–Crippen MR) is 103 cm³/mol. The lowest BCUT2D eigenvalue weighted by molar-refractivity contribution is -0.384. The predicted octanol–water partition coefficient (Wildman–Crippen LogP) is 4.68. The van der Waals surface area contributed by atoms with Gasteiger partial charge in [-0.2, -0.15) is 0 Å². The average molecular weight is 365 g/mol. The first-order valence-electron chi connectivity index (χ1n) is 8.37. The van der Waals surface area contributed by atoms with E-state index < -0.39 is 10.5 Å². The molecule has 0 spiro atoms. The Kier molecular flexibility index (Phi) is 4.81.